The average Bonchev–Trinajstić information content (AvgIpc) is 2.91. The van der Waals surface area contributed by atoms with Crippen molar-refractivity contribution < 1.29 is 0 Å². The molecule has 1 heterocycles. The third-order valence-corrected chi connectivity index (χ3v) is 3.37. The molecule has 0 amide bonds. The molecule has 96 valence electrons. The largest absolute Gasteiger partial charge is 0.277 e. The number of fused-ring (bicyclic) bond motifs is 1. The van der Waals surface area contributed by atoms with E-state index < -0.39 is 0 Å². The summed E-state index contributed by atoms with van der Waals surface area (Å²) in [6.07, 6.45) is 4.00. The molecular weight excluding hydrogens is 246 g/mol. The molecule has 0 bridgehead atoms. The predicted octanol–water partition coefficient (Wildman–Crippen LogP) is 3.91. The minimum atomic E-state index is 0.688. The van der Waals surface area contributed by atoms with Crippen molar-refractivity contribution >= 4 is 23.1 Å². The SMILES string of the molecule is Cc1c(C#N)ccc2[nH]nc(/C=C/c3ccccc3)c12. The van der Waals surface area contributed by atoms with E-state index in [2.05, 4.69) is 16.3 Å². The Balaban J connectivity index is 2.09. The van der Waals surface area contributed by atoms with Crippen molar-refractivity contribution in [3.63, 3.8) is 0 Å². The molecule has 0 aliphatic heterocycles. The Labute approximate surface area is 117 Å². The number of aryl methyl sites for hydroxylation is 1. The van der Waals surface area contributed by atoms with Gasteiger partial charge in [-0.2, -0.15) is 10.4 Å². The molecule has 0 saturated carbocycles. The van der Waals surface area contributed by atoms with E-state index in [1.165, 1.54) is 0 Å². The van der Waals surface area contributed by atoms with Crippen LogP contribution in [0.15, 0.2) is 42.5 Å². The number of nitrogens with one attached hydrogen (secondary N) is 1. The van der Waals surface area contributed by atoms with Crippen molar-refractivity contribution in [3.05, 3.63) is 64.8 Å². The Bertz CT molecular complexity index is 821. The van der Waals surface area contributed by atoms with Gasteiger partial charge in [0.25, 0.3) is 0 Å². The summed E-state index contributed by atoms with van der Waals surface area (Å²) in [5.41, 5.74) is 4.59. The fourth-order valence-electron chi connectivity index (χ4n) is 2.29. The number of benzene rings is 2. The molecule has 3 heteroatoms. The summed E-state index contributed by atoms with van der Waals surface area (Å²) >= 11 is 0. The summed E-state index contributed by atoms with van der Waals surface area (Å²) in [4.78, 5) is 0. The smallest absolute Gasteiger partial charge is 0.0994 e. The van der Waals surface area contributed by atoms with Crippen LogP contribution in [0.2, 0.25) is 0 Å². The fraction of sp³-hybridized carbons (Fsp3) is 0.0588. The zero-order valence-corrected chi connectivity index (χ0v) is 11.1. The molecule has 1 aromatic heterocycles. The van der Waals surface area contributed by atoms with Gasteiger partial charge in [-0.15, -0.1) is 0 Å². The fourth-order valence-corrected chi connectivity index (χ4v) is 2.29. The molecule has 3 aromatic rings. The van der Waals surface area contributed by atoms with Crippen LogP contribution in [-0.4, -0.2) is 10.2 Å². The van der Waals surface area contributed by atoms with E-state index in [0.29, 0.717) is 5.56 Å². The van der Waals surface area contributed by atoms with Gasteiger partial charge in [-0.3, -0.25) is 5.10 Å². The topological polar surface area (TPSA) is 52.5 Å². The van der Waals surface area contributed by atoms with Gasteiger partial charge in [-0.25, -0.2) is 0 Å². The summed E-state index contributed by atoms with van der Waals surface area (Å²) in [5.74, 6) is 0. The molecule has 2 aromatic carbocycles. The van der Waals surface area contributed by atoms with Crippen molar-refractivity contribution in [1.29, 1.82) is 5.26 Å². The molecule has 20 heavy (non-hydrogen) atoms. The summed E-state index contributed by atoms with van der Waals surface area (Å²) in [6.45, 7) is 1.95. The Morgan fingerprint density at radius 1 is 1.10 bits per heavy atom. The third-order valence-electron chi connectivity index (χ3n) is 3.37. The molecular formula is C17H13N3. The number of aromatic amines is 1. The Morgan fingerprint density at radius 3 is 2.65 bits per heavy atom. The van der Waals surface area contributed by atoms with Gasteiger partial charge in [-0.05, 0) is 36.3 Å². The number of hydrogen-bond acceptors (Lipinski definition) is 2. The Hall–Kier alpha value is -2.86. The monoisotopic (exact) mass is 259 g/mol. The van der Waals surface area contributed by atoms with Gasteiger partial charge in [0.2, 0.25) is 0 Å². The lowest BCUT2D eigenvalue weighted by Crippen LogP contribution is -1.84. The van der Waals surface area contributed by atoms with Crippen LogP contribution < -0.4 is 0 Å². The van der Waals surface area contributed by atoms with Gasteiger partial charge in [0.15, 0.2) is 0 Å². The van der Waals surface area contributed by atoms with Crippen LogP contribution in [0.3, 0.4) is 0 Å². The van der Waals surface area contributed by atoms with Crippen molar-refractivity contribution in [2.75, 3.05) is 0 Å². The number of nitrogens with zero attached hydrogens (tertiary/aromatic N) is 2. The lowest BCUT2D eigenvalue weighted by molar-refractivity contribution is 1.11. The lowest BCUT2D eigenvalue weighted by Gasteiger charge is -1.99. The van der Waals surface area contributed by atoms with Gasteiger partial charge >= 0.3 is 0 Å². The molecule has 0 radical (unpaired) electrons. The molecule has 0 aliphatic rings. The molecule has 0 fully saturated rings. The first-order valence-electron chi connectivity index (χ1n) is 6.40. The predicted molar refractivity (Wildman–Crippen MR) is 80.9 cm³/mol. The van der Waals surface area contributed by atoms with Crippen LogP contribution >= 0.6 is 0 Å². The van der Waals surface area contributed by atoms with E-state index in [-0.39, 0.29) is 0 Å². The van der Waals surface area contributed by atoms with E-state index in [9.17, 15) is 0 Å². The molecule has 0 aliphatic carbocycles. The summed E-state index contributed by atoms with van der Waals surface area (Å²) in [6, 6.07) is 16.0. The molecule has 3 nitrogen and oxygen atoms in total. The Morgan fingerprint density at radius 2 is 1.90 bits per heavy atom. The lowest BCUT2D eigenvalue weighted by atomic mass is 10.0. The second-order valence-corrected chi connectivity index (χ2v) is 4.63. The van der Waals surface area contributed by atoms with Gasteiger partial charge in [0.1, 0.15) is 0 Å². The van der Waals surface area contributed by atoms with Crippen LogP contribution in [0, 0.1) is 18.3 Å². The molecule has 0 atom stereocenters. The number of H-pyrrole nitrogens is 1. The van der Waals surface area contributed by atoms with Crippen LogP contribution in [0.25, 0.3) is 23.1 Å². The number of nitriles is 1. The highest BCUT2D eigenvalue weighted by Gasteiger charge is 2.09. The normalized spacial score (nSPS) is 11.0. The highest BCUT2D eigenvalue weighted by Crippen LogP contribution is 2.24. The van der Waals surface area contributed by atoms with E-state index >= 15 is 0 Å². The summed E-state index contributed by atoms with van der Waals surface area (Å²) < 4.78 is 0. The zero-order valence-electron chi connectivity index (χ0n) is 11.1. The van der Waals surface area contributed by atoms with Crippen molar-refractivity contribution in [3.8, 4) is 6.07 Å². The maximum atomic E-state index is 9.12. The highest BCUT2D eigenvalue weighted by atomic mass is 15.1. The average molecular weight is 259 g/mol. The minimum absolute atomic E-state index is 0.688. The molecule has 0 saturated heterocycles. The molecule has 3 rings (SSSR count). The highest BCUT2D eigenvalue weighted by molar-refractivity contribution is 5.93. The molecule has 1 N–H and O–H groups in total. The van der Waals surface area contributed by atoms with Gasteiger partial charge in [-0.1, -0.05) is 36.4 Å². The molecule has 0 spiro atoms. The number of aromatic nitrogens is 2. The second kappa shape index (κ2) is 5.02. The number of hydrogen-bond donors (Lipinski definition) is 1. The molecule has 0 unspecified atom stereocenters. The third kappa shape index (κ3) is 2.08. The summed E-state index contributed by atoms with van der Waals surface area (Å²) in [7, 11) is 0. The Kier molecular flexibility index (Phi) is 3.06. The van der Waals surface area contributed by atoms with Crippen molar-refractivity contribution in [2.24, 2.45) is 0 Å². The van der Waals surface area contributed by atoms with Gasteiger partial charge in [0.05, 0.1) is 22.8 Å². The van der Waals surface area contributed by atoms with Gasteiger partial charge < -0.3 is 0 Å². The second-order valence-electron chi connectivity index (χ2n) is 4.63. The standard InChI is InChI=1S/C17H13N3/c1-12-14(11-18)8-10-16-17(12)15(19-20-16)9-7-13-5-3-2-4-6-13/h2-10H,1H3,(H,19,20)/b9-7+. The maximum absolute atomic E-state index is 9.12. The van der Waals surface area contributed by atoms with E-state index in [1.807, 2.05) is 61.5 Å². The first kappa shape index (κ1) is 12.2. The summed E-state index contributed by atoms with van der Waals surface area (Å²) in [5, 5.41) is 17.5. The van der Waals surface area contributed by atoms with E-state index in [1.54, 1.807) is 0 Å². The van der Waals surface area contributed by atoms with Crippen LogP contribution in [0.1, 0.15) is 22.4 Å². The number of rotatable bonds is 2. The zero-order chi connectivity index (χ0) is 13.9. The minimum Gasteiger partial charge on any atom is -0.277 e. The van der Waals surface area contributed by atoms with Crippen LogP contribution in [0.5, 0.6) is 0 Å². The maximum Gasteiger partial charge on any atom is 0.0994 e. The van der Waals surface area contributed by atoms with Gasteiger partial charge in [0, 0.05) is 5.39 Å². The van der Waals surface area contributed by atoms with Crippen LogP contribution in [-0.2, 0) is 0 Å². The quantitative estimate of drug-likeness (QED) is 0.758. The first-order chi connectivity index (χ1) is 9.79. The van der Waals surface area contributed by atoms with E-state index in [4.69, 9.17) is 5.26 Å². The van der Waals surface area contributed by atoms with Crippen molar-refractivity contribution in [2.45, 2.75) is 6.92 Å². The van der Waals surface area contributed by atoms with E-state index in [0.717, 1.165) is 27.7 Å². The van der Waals surface area contributed by atoms with Crippen LogP contribution in [0.4, 0.5) is 0 Å². The first-order valence-corrected chi connectivity index (χ1v) is 6.40. The van der Waals surface area contributed by atoms with Crippen molar-refractivity contribution in [1.82, 2.24) is 10.2 Å².